The van der Waals surface area contributed by atoms with Crippen molar-refractivity contribution in [2.45, 2.75) is 20.0 Å². The second kappa shape index (κ2) is 5.42. The van der Waals surface area contributed by atoms with Crippen LogP contribution in [0.5, 0.6) is 0 Å². The Balaban J connectivity index is 1.63. The van der Waals surface area contributed by atoms with E-state index in [-0.39, 0.29) is 0 Å². The number of fused-ring (bicyclic) bond motifs is 1. The van der Waals surface area contributed by atoms with Crippen LogP contribution in [0.3, 0.4) is 0 Å². The highest BCUT2D eigenvalue weighted by Gasteiger charge is 2.06. The molecule has 104 valence electrons. The first-order valence-electron chi connectivity index (χ1n) is 6.72. The van der Waals surface area contributed by atoms with Crippen molar-refractivity contribution in [2.75, 3.05) is 6.54 Å². The van der Waals surface area contributed by atoms with Gasteiger partial charge in [0.2, 0.25) is 0 Å². The molecule has 0 saturated carbocycles. The molecule has 20 heavy (non-hydrogen) atoms. The number of hydrogen-bond acceptors (Lipinski definition) is 4. The molecule has 0 bridgehead atoms. The summed E-state index contributed by atoms with van der Waals surface area (Å²) in [7, 11) is 1.90. The van der Waals surface area contributed by atoms with Crippen LogP contribution in [0.15, 0.2) is 30.5 Å². The van der Waals surface area contributed by atoms with Crippen LogP contribution in [-0.2, 0) is 20.1 Å². The third-order valence-corrected chi connectivity index (χ3v) is 3.47. The summed E-state index contributed by atoms with van der Waals surface area (Å²) in [5, 5.41) is 11.2. The van der Waals surface area contributed by atoms with Crippen LogP contribution in [0.25, 0.3) is 11.0 Å². The van der Waals surface area contributed by atoms with Crippen LogP contribution < -0.4 is 5.32 Å². The highest BCUT2D eigenvalue weighted by atomic mass is 15.4. The number of para-hydroxylation sites is 2. The fourth-order valence-corrected chi connectivity index (χ4v) is 2.36. The predicted octanol–water partition coefficient (Wildman–Crippen LogP) is 1.26. The molecule has 6 heteroatoms. The maximum Gasteiger partial charge on any atom is 0.106 e. The molecule has 0 radical (unpaired) electrons. The summed E-state index contributed by atoms with van der Waals surface area (Å²) in [5.41, 5.74) is 3.33. The maximum absolute atomic E-state index is 4.57. The average Bonchev–Trinajstić information content (AvgIpc) is 2.98. The Kier molecular flexibility index (Phi) is 3.47. The van der Waals surface area contributed by atoms with Crippen LogP contribution in [0.1, 0.15) is 11.5 Å². The van der Waals surface area contributed by atoms with E-state index in [4.69, 9.17) is 0 Å². The van der Waals surface area contributed by atoms with Crippen LogP contribution in [-0.4, -0.2) is 31.1 Å². The minimum absolute atomic E-state index is 0.773. The minimum atomic E-state index is 0.773. The molecule has 0 amide bonds. The molecule has 6 nitrogen and oxygen atoms in total. The Hall–Kier alpha value is -2.21. The second-order valence-electron chi connectivity index (χ2n) is 4.83. The van der Waals surface area contributed by atoms with Gasteiger partial charge in [0.1, 0.15) is 5.82 Å². The number of rotatable bonds is 5. The van der Waals surface area contributed by atoms with E-state index in [0.29, 0.717) is 0 Å². The molecule has 0 unspecified atom stereocenters. The molecule has 0 spiro atoms. The summed E-state index contributed by atoms with van der Waals surface area (Å²) in [6.45, 7) is 4.60. The van der Waals surface area contributed by atoms with E-state index in [0.717, 1.165) is 36.7 Å². The summed E-state index contributed by atoms with van der Waals surface area (Å²) >= 11 is 0. The minimum Gasteiger partial charge on any atom is -0.327 e. The Morgan fingerprint density at radius 1 is 1.25 bits per heavy atom. The molecule has 0 aliphatic heterocycles. The third-order valence-electron chi connectivity index (χ3n) is 3.47. The standard InChI is InChI=1S/C14H18N6/c1-11-17-13-5-3-4-6-14(13)20(11)8-7-15-9-12-10-16-18-19(12)2/h3-6,10,15H,7-9H2,1-2H3. The molecule has 0 fully saturated rings. The zero-order valence-corrected chi connectivity index (χ0v) is 11.7. The van der Waals surface area contributed by atoms with Gasteiger partial charge in [-0.15, -0.1) is 5.10 Å². The number of hydrogen-bond donors (Lipinski definition) is 1. The first-order chi connectivity index (χ1) is 9.75. The molecule has 3 rings (SSSR count). The highest BCUT2D eigenvalue weighted by molar-refractivity contribution is 5.75. The van der Waals surface area contributed by atoms with E-state index < -0.39 is 0 Å². The highest BCUT2D eigenvalue weighted by Crippen LogP contribution is 2.14. The van der Waals surface area contributed by atoms with E-state index in [2.05, 4.69) is 37.3 Å². The first-order valence-corrected chi connectivity index (χ1v) is 6.72. The van der Waals surface area contributed by atoms with Gasteiger partial charge >= 0.3 is 0 Å². The van der Waals surface area contributed by atoms with E-state index in [9.17, 15) is 0 Å². The molecule has 0 aliphatic rings. The largest absolute Gasteiger partial charge is 0.327 e. The number of aryl methyl sites for hydroxylation is 2. The zero-order chi connectivity index (χ0) is 13.9. The van der Waals surface area contributed by atoms with Crippen LogP contribution >= 0.6 is 0 Å². The Bertz CT molecular complexity index is 711. The summed E-state index contributed by atoms with van der Waals surface area (Å²) in [4.78, 5) is 4.57. The fraction of sp³-hybridized carbons (Fsp3) is 0.357. The topological polar surface area (TPSA) is 60.6 Å². The Labute approximate surface area is 117 Å². The van der Waals surface area contributed by atoms with E-state index in [1.807, 2.05) is 26.1 Å². The quantitative estimate of drug-likeness (QED) is 0.709. The molecular weight excluding hydrogens is 252 g/mol. The van der Waals surface area contributed by atoms with Crippen molar-refractivity contribution >= 4 is 11.0 Å². The van der Waals surface area contributed by atoms with Gasteiger partial charge in [0.05, 0.1) is 22.9 Å². The van der Waals surface area contributed by atoms with Crippen LogP contribution in [0.2, 0.25) is 0 Å². The van der Waals surface area contributed by atoms with Crippen LogP contribution in [0, 0.1) is 6.92 Å². The molecule has 1 N–H and O–H groups in total. The fourth-order valence-electron chi connectivity index (χ4n) is 2.36. The summed E-state index contributed by atoms with van der Waals surface area (Å²) in [6.07, 6.45) is 1.78. The van der Waals surface area contributed by atoms with Gasteiger partial charge in [-0.3, -0.25) is 4.68 Å². The smallest absolute Gasteiger partial charge is 0.106 e. The lowest BCUT2D eigenvalue weighted by Gasteiger charge is -2.08. The van der Waals surface area contributed by atoms with Crippen molar-refractivity contribution in [3.05, 3.63) is 42.0 Å². The first kappa shape index (κ1) is 12.8. The van der Waals surface area contributed by atoms with Gasteiger partial charge in [-0.25, -0.2) is 4.98 Å². The number of aromatic nitrogens is 5. The van der Waals surface area contributed by atoms with Gasteiger partial charge in [-0.1, -0.05) is 17.3 Å². The second-order valence-corrected chi connectivity index (χ2v) is 4.83. The monoisotopic (exact) mass is 270 g/mol. The van der Waals surface area contributed by atoms with Gasteiger partial charge in [0.15, 0.2) is 0 Å². The predicted molar refractivity (Wildman–Crippen MR) is 77.2 cm³/mol. The zero-order valence-electron chi connectivity index (χ0n) is 11.7. The SMILES string of the molecule is Cc1nc2ccccc2n1CCNCc1cnnn1C. The average molecular weight is 270 g/mol. The van der Waals surface area contributed by atoms with Gasteiger partial charge in [-0.2, -0.15) is 0 Å². The lowest BCUT2D eigenvalue weighted by molar-refractivity contribution is 0.572. The molecule has 2 heterocycles. The van der Waals surface area contributed by atoms with Crippen molar-refractivity contribution in [3.63, 3.8) is 0 Å². The molecule has 1 aromatic carbocycles. The van der Waals surface area contributed by atoms with Crippen molar-refractivity contribution < 1.29 is 0 Å². The van der Waals surface area contributed by atoms with Gasteiger partial charge in [0.25, 0.3) is 0 Å². The van der Waals surface area contributed by atoms with Crippen molar-refractivity contribution in [2.24, 2.45) is 7.05 Å². The van der Waals surface area contributed by atoms with E-state index in [1.54, 1.807) is 10.9 Å². The maximum atomic E-state index is 4.57. The number of benzene rings is 1. The number of imidazole rings is 1. The third kappa shape index (κ3) is 2.42. The molecule has 0 atom stereocenters. The molecule has 2 aromatic heterocycles. The molecule has 0 saturated heterocycles. The van der Waals surface area contributed by atoms with Crippen molar-refractivity contribution in [1.29, 1.82) is 0 Å². The summed E-state index contributed by atoms with van der Waals surface area (Å²) in [6, 6.07) is 8.23. The lowest BCUT2D eigenvalue weighted by atomic mass is 10.3. The van der Waals surface area contributed by atoms with Gasteiger partial charge in [-0.05, 0) is 19.1 Å². The normalized spacial score (nSPS) is 11.3. The summed E-state index contributed by atoms with van der Waals surface area (Å²) < 4.78 is 4.02. The van der Waals surface area contributed by atoms with Crippen LogP contribution in [0.4, 0.5) is 0 Å². The molecular formula is C14H18N6. The van der Waals surface area contributed by atoms with Gasteiger partial charge in [0, 0.05) is 26.7 Å². The lowest BCUT2D eigenvalue weighted by Crippen LogP contribution is -2.21. The number of nitrogens with zero attached hydrogens (tertiary/aromatic N) is 5. The molecule has 0 aliphatic carbocycles. The van der Waals surface area contributed by atoms with Gasteiger partial charge < -0.3 is 9.88 Å². The molecule has 3 aromatic rings. The Morgan fingerprint density at radius 2 is 2.10 bits per heavy atom. The van der Waals surface area contributed by atoms with Crippen molar-refractivity contribution in [3.8, 4) is 0 Å². The number of nitrogens with one attached hydrogen (secondary N) is 1. The summed E-state index contributed by atoms with van der Waals surface area (Å²) in [5.74, 6) is 1.05. The van der Waals surface area contributed by atoms with E-state index in [1.165, 1.54) is 5.52 Å². The van der Waals surface area contributed by atoms with E-state index >= 15 is 0 Å². The van der Waals surface area contributed by atoms with Crippen molar-refractivity contribution in [1.82, 2.24) is 29.9 Å². The Morgan fingerprint density at radius 3 is 2.90 bits per heavy atom.